The summed E-state index contributed by atoms with van der Waals surface area (Å²) in [4.78, 5) is 40.1. The van der Waals surface area contributed by atoms with Gasteiger partial charge in [0.1, 0.15) is 29.3 Å². The van der Waals surface area contributed by atoms with Gasteiger partial charge in [0.25, 0.3) is 5.91 Å². The number of rotatable bonds is 5. The zero-order valence-corrected chi connectivity index (χ0v) is 23.4. The van der Waals surface area contributed by atoms with E-state index in [9.17, 15) is 9.59 Å². The highest BCUT2D eigenvalue weighted by Crippen LogP contribution is 2.34. The summed E-state index contributed by atoms with van der Waals surface area (Å²) < 4.78 is 7.37. The van der Waals surface area contributed by atoms with Crippen LogP contribution in [-0.4, -0.2) is 60.3 Å². The first-order valence-electron chi connectivity index (χ1n) is 13.3. The second kappa shape index (κ2) is 10.6. The highest BCUT2D eigenvalue weighted by Gasteiger charge is 2.33. The van der Waals surface area contributed by atoms with Crippen LogP contribution in [0.2, 0.25) is 0 Å². The van der Waals surface area contributed by atoms with Gasteiger partial charge in [0.2, 0.25) is 0 Å². The Bertz CT molecular complexity index is 1560. The number of likely N-dealkylation sites (tertiary alicyclic amines) is 1. The fraction of sp³-hybridized carbons (Fsp3) is 0.379. The summed E-state index contributed by atoms with van der Waals surface area (Å²) >= 11 is 0. The molecule has 1 unspecified atom stereocenters. The van der Waals surface area contributed by atoms with Gasteiger partial charge in [-0.25, -0.2) is 24.4 Å². The standard InChI is InChI=1S/C29H34N8O3/c1-17(2)20-10-12-31-22(14-20)34-27(38)19-8-6-18(7-9-19)24-23-25(30)32-16-33-26(23)37(35-24)21-11-13-36(15-21)28(39)40-29(3,4)5/h6-10,12,14,16-17,21H,11,13,15H2,1-5H3,(H2,30,32,33)(H,31,34,38). The molecule has 4 aromatic rings. The van der Waals surface area contributed by atoms with Crippen LogP contribution in [-0.2, 0) is 4.74 Å². The Morgan fingerprint density at radius 2 is 1.85 bits per heavy atom. The predicted octanol–water partition coefficient (Wildman–Crippen LogP) is 5.03. The normalized spacial score (nSPS) is 15.6. The van der Waals surface area contributed by atoms with Crippen molar-refractivity contribution in [1.82, 2.24) is 29.6 Å². The van der Waals surface area contributed by atoms with Crippen LogP contribution in [0.1, 0.15) is 68.9 Å². The fourth-order valence-electron chi connectivity index (χ4n) is 4.73. The van der Waals surface area contributed by atoms with E-state index < -0.39 is 5.60 Å². The molecule has 1 aliphatic rings. The number of nitrogens with one attached hydrogen (secondary N) is 1. The van der Waals surface area contributed by atoms with Gasteiger partial charge in [0.05, 0.1) is 11.4 Å². The Labute approximate surface area is 232 Å². The molecule has 1 aliphatic heterocycles. The Hall–Kier alpha value is -4.54. The van der Waals surface area contributed by atoms with E-state index in [1.165, 1.54) is 6.33 Å². The molecular formula is C29H34N8O3. The average molecular weight is 543 g/mol. The van der Waals surface area contributed by atoms with Crippen molar-refractivity contribution in [3.05, 3.63) is 60.0 Å². The maximum atomic E-state index is 12.9. The number of nitrogens with two attached hydrogens (primary N) is 1. The Kier molecular flexibility index (Phi) is 7.14. The molecule has 3 aromatic heterocycles. The molecule has 0 spiro atoms. The molecule has 2 amide bonds. The molecular weight excluding hydrogens is 508 g/mol. The first kappa shape index (κ1) is 27.0. The fourth-order valence-corrected chi connectivity index (χ4v) is 4.73. The Morgan fingerprint density at radius 3 is 2.55 bits per heavy atom. The van der Waals surface area contributed by atoms with Crippen molar-refractivity contribution < 1.29 is 14.3 Å². The molecule has 1 fully saturated rings. The van der Waals surface area contributed by atoms with Gasteiger partial charge in [-0.3, -0.25) is 4.79 Å². The van der Waals surface area contributed by atoms with Crippen LogP contribution < -0.4 is 11.1 Å². The molecule has 208 valence electrons. The summed E-state index contributed by atoms with van der Waals surface area (Å²) in [5.41, 5.74) is 9.27. The maximum absolute atomic E-state index is 12.9. The van der Waals surface area contributed by atoms with Gasteiger partial charge in [-0.1, -0.05) is 26.0 Å². The molecule has 5 rings (SSSR count). The monoisotopic (exact) mass is 542 g/mol. The molecule has 3 N–H and O–H groups in total. The molecule has 11 nitrogen and oxygen atoms in total. The van der Waals surface area contributed by atoms with Gasteiger partial charge in [0, 0.05) is 30.4 Å². The smallest absolute Gasteiger partial charge is 0.410 e. The van der Waals surface area contributed by atoms with Crippen LogP contribution in [0.5, 0.6) is 0 Å². The first-order chi connectivity index (χ1) is 19.0. The minimum absolute atomic E-state index is 0.0998. The minimum Gasteiger partial charge on any atom is -0.444 e. The zero-order chi connectivity index (χ0) is 28.6. The van der Waals surface area contributed by atoms with E-state index in [4.69, 9.17) is 15.6 Å². The van der Waals surface area contributed by atoms with Gasteiger partial charge < -0.3 is 20.7 Å². The summed E-state index contributed by atoms with van der Waals surface area (Å²) in [5, 5.41) is 8.38. The van der Waals surface area contributed by atoms with Gasteiger partial charge in [-0.2, -0.15) is 5.10 Å². The third-order valence-electron chi connectivity index (χ3n) is 6.79. The predicted molar refractivity (Wildman–Crippen MR) is 153 cm³/mol. The van der Waals surface area contributed by atoms with Gasteiger partial charge in [-0.05, 0) is 62.9 Å². The van der Waals surface area contributed by atoms with Crippen molar-refractivity contribution in [2.24, 2.45) is 0 Å². The van der Waals surface area contributed by atoms with Crippen LogP contribution >= 0.6 is 0 Å². The second-order valence-electron chi connectivity index (χ2n) is 11.3. The lowest BCUT2D eigenvalue weighted by Crippen LogP contribution is -2.35. The van der Waals surface area contributed by atoms with E-state index in [0.29, 0.717) is 59.4 Å². The first-order valence-corrected chi connectivity index (χ1v) is 13.3. The summed E-state index contributed by atoms with van der Waals surface area (Å²) in [5.74, 6) is 0.887. The second-order valence-corrected chi connectivity index (χ2v) is 11.3. The van der Waals surface area contributed by atoms with Crippen molar-refractivity contribution in [2.45, 2.75) is 58.6 Å². The summed E-state index contributed by atoms with van der Waals surface area (Å²) in [7, 11) is 0. The molecule has 1 atom stereocenters. The van der Waals surface area contributed by atoms with Gasteiger partial charge in [-0.15, -0.1) is 0 Å². The minimum atomic E-state index is -0.569. The zero-order valence-electron chi connectivity index (χ0n) is 23.4. The van der Waals surface area contributed by atoms with Crippen molar-refractivity contribution in [1.29, 1.82) is 0 Å². The number of hydrogen-bond acceptors (Lipinski definition) is 8. The lowest BCUT2D eigenvalue weighted by molar-refractivity contribution is 0.0288. The van der Waals surface area contributed by atoms with E-state index in [1.54, 1.807) is 23.2 Å². The lowest BCUT2D eigenvalue weighted by Gasteiger charge is -2.24. The highest BCUT2D eigenvalue weighted by molar-refractivity contribution is 6.04. The molecule has 1 aromatic carbocycles. The molecule has 40 heavy (non-hydrogen) atoms. The van der Waals surface area contributed by atoms with Crippen LogP contribution in [0, 0.1) is 0 Å². The molecule has 4 heterocycles. The average Bonchev–Trinajstić information content (AvgIpc) is 3.54. The SMILES string of the molecule is CC(C)c1ccnc(NC(=O)c2ccc(-c3nn(C4CCN(C(=O)OC(C)(C)C)C4)c4ncnc(N)c34)cc2)c1. The van der Waals surface area contributed by atoms with E-state index >= 15 is 0 Å². The number of aromatic nitrogens is 5. The van der Waals surface area contributed by atoms with Crippen molar-refractivity contribution in [3.63, 3.8) is 0 Å². The maximum Gasteiger partial charge on any atom is 0.410 e. The largest absolute Gasteiger partial charge is 0.444 e. The Balaban J connectivity index is 1.39. The van der Waals surface area contributed by atoms with Crippen LogP contribution in [0.3, 0.4) is 0 Å². The lowest BCUT2D eigenvalue weighted by atomic mass is 10.0. The number of anilines is 2. The number of carbonyl (C=O) groups is 2. The number of amides is 2. The Morgan fingerprint density at radius 1 is 1.10 bits per heavy atom. The number of benzene rings is 1. The van der Waals surface area contributed by atoms with E-state index in [-0.39, 0.29) is 18.0 Å². The highest BCUT2D eigenvalue weighted by atomic mass is 16.6. The van der Waals surface area contributed by atoms with Crippen molar-refractivity contribution in [3.8, 4) is 11.3 Å². The molecule has 1 saturated heterocycles. The van der Waals surface area contributed by atoms with Crippen LogP contribution in [0.15, 0.2) is 48.9 Å². The van der Waals surface area contributed by atoms with Gasteiger partial charge >= 0.3 is 6.09 Å². The quantitative estimate of drug-likeness (QED) is 0.358. The third-order valence-corrected chi connectivity index (χ3v) is 6.79. The summed E-state index contributed by atoms with van der Waals surface area (Å²) in [6, 6.07) is 10.8. The summed E-state index contributed by atoms with van der Waals surface area (Å²) in [6.07, 6.45) is 3.46. The number of nitrogens with zero attached hydrogens (tertiary/aromatic N) is 6. The third kappa shape index (κ3) is 5.58. The number of nitrogen functional groups attached to an aromatic ring is 1. The van der Waals surface area contributed by atoms with E-state index in [0.717, 1.165) is 11.1 Å². The number of fused-ring (bicyclic) bond motifs is 1. The van der Waals surface area contributed by atoms with Gasteiger partial charge in [0.15, 0.2) is 5.65 Å². The number of ether oxygens (including phenoxy) is 1. The summed E-state index contributed by atoms with van der Waals surface area (Å²) in [6.45, 7) is 10.7. The van der Waals surface area contributed by atoms with Crippen molar-refractivity contribution >= 4 is 34.7 Å². The van der Waals surface area contributed by atoms with Crippen LogP contribution in [0.4, 0.5) is 16.4 Å². The number of hydrogen-bond donors (Lipinski definition) is 2. The molecule has 0 saturated carbocycles. The number of carbonyl (C=O) groups excluding carboxylic acids is 2. The molecule has 0 bridgehead atoms. The van der Waals surface area contributed by atoms with E-state index in [1.807, 2.05) is 49.7 Å². The molecule has 0 radical (unpaired) electrons. The topological polar surface area (TPSA) is 141 Å². The number of pyridine rings is 1. The molecule has 0 aliphatic carbocycles. The van der Waals surface area contributed by atoms with Crippen LogP contribution in [0.25, 0.3) is 22.3 Å². The van der Waals surface area contributed by atoms with Crippen molar-refractivity contribution in [2.75, 3.05) is 24.1 Å². The van der Waals surface area contributed by atoms with E-state index in [2.05, 4.69) is 34.1 Å². The molecule has 11 heteroatoms.